The first-order chi connectivity index (χ1) is 50.5. The molecule has 4 unspecified atom stereocenters. The largest absolute Gasteiger partial charge is 0.438 e. The lowest BCUT2D eigenvalue weighted by Gasteiger charge is -2.45. The van der Waals surface area contributed by atoms with Gasteiger partial charge < -0.3 is 37.9 Å². The van der Waals surface area contributed by atoms with Gasteiger partial charge in [-0.05, 0) is 206 Å². The van der Waals surface area contributed by atoms with Crippen LogP contribution in [0, 0.1) is 57.2 Å². The zero-order chi connectivity index (χ0) is 82.0. The first kappa shape index (κ1) is 93.8. The Bertz CT molecular complexity index is 3730. The maximum absolute atomic E-state index is 14.6. The molecule has 25 heteroatoms. The molecule has 0 bridgehead atoms. The lowest BCUT2D eigenvalue weighted by molar-refractivity contribution is -0.343. The maximum atomic E-state index is 14.6. The number of hydrogen-bond donors (Lipinski definition) is 3. The second-order valence-corrected chi connectivity index (χ2v) is 53.7. The molecular weight excluding hydrogens is 1520 g/mol. The Hall–Kier alpha value is -4.31. The van der Waals surface area contributed by atoms with Crippen LogP contribution >= 0.6 is 7.14 Å². The van der Waals surface area contributed by atoms with Crippen LogP contribution < -0.4 is 10.6 Å². The molecule has 6 saturated carbocycles. The van der Waals surface area contributed by atoms with Gasteiger partial charge in [-0.25, -0.2) is 0 Å². The second kappa shape index (κ2) is 35.1. The second-order valence-electron chi connectivity index (χ2n) is 36.9. The van der Waals surface area contributed by atoms with Crippen molar-refractivity contribution in [3.8, 4) is 23.7 Å². The minimum absolute atomic E-state index is 0. The van der Waals surface area contributed by atoms with Gasteiger partial charge in [-0.1, -0.05) is 194 Å². The molecule has 0 aromatic heterocycles. The van der Waals surface area contributed by atoms with E-state index in [1.807, 2.05) is 79.7 Å². The summed E-state index contributed by atoms with van der Waals surface area (Å²) in [6.07, 6.45) is 1.93. The Labute approximate surface area is 656 Å². The Balaban J connectivity index is 0.000000223. The van der Waals surface area contributed by atoms with Crippen molar-refractivity contribution in [3.63, 3.8) is 0 Å². The van der Waals surface area contributed by atoms with Crippen LogP contribution in [0.1, 0.15) is 204 Å². The van der Waals surface area contributed by atoms with Crippen molar-refractivity contribution in [1.29, 1.82) is 0 Å². The normalized spacial score (nSPS) is 27.5. The number of carbonyl (C=O) groups excluding carboxylic acids is 1. The number of aliphatic hydroxyl groups excluding tert-OH is 2. The van der Waals surface area contributed by atoms with Crippen LogP contribution in [-0.4, -0.2) is 126 Å². The average molecular weight is 1640 g/mol. The summed E-state index contributed by atoms with van der Waals surface area (Å²) < 4.78 is 198. The summed E-state index contributed by atoms with van der Waals surface area (Å²) in [7, 11) is -9.93. The third-order valence-electron chi connectivity index (χ3n) is 25.2. The van der Waals surface area contributed by atoms with Gasteiger partial charge in [0.2, 0.25) is 0 Å². The number of Topliss-reactive ketones (excluding diaryl/α,β-unsaturated/α-hetero) is 1. The van der Waals surface area contributed by atoms with Gasteiger partial charge in [0, 0.05) is 66.0 Å². The summed E-state index contributed by atoms with van der Waals surface area (Å²) in [6.45, 7) is 33.1. The first-order valence-electron chi connectivity index (χ1n) is 39.2. The van der Waals surface area contributed by atoms with Gasteiger partial charge in [-0.15, -0.1) is 0 Å². The number of rotatable bonds is 15. The summed E-state index contributed by atoms with van der Waals surface area (Å²) in [6, 6.07) is 20.0. The number of hydrogen-bond acceptors (Lipinski definition) is 9. The molecule has 0 amide bonds. The van der Waals surface area contributed by atoms with E-state index in [2.05, 4.69) is 105 Å². The van der Waals surface area contributed by atoms with E-state index in [0.717, 1.165) is 104 Å². The highest BCUT2D eigenvalue weighted by molar-refractivity contribution is 7.78. The number of ether oxygens (including phenoxy) is 1. The number of halogens is 12. The molecule has 9 nitrogen and oxygen atoms in total. The molecule has 8 atom stereocenters. The number of allylic oxidation sites excluding steroid dienone is 8. The Morgan fingerprint density at radius 2 is 0.982 bits per heavy atom. The monoisotopic (exact) mass is 1640 g/mol. The molecule has 1 saturated heterocycles. The highest BCUT2D eigenvalue weighted by atomic mass is 31.2. The van der Waals surface area contributed by atoms with Gasteiger partial charge in [-0.2, -0.15) is 52.7 Å². The number of ketones is 1. The highest BCUT2D eigenvalue weighted by Gasteiger charge is 2.74. The van der Waals surface area contributed by atoms with Crippen LogP contribution in [-0.2, 0) is 27.4 Å². The highest BCUT2D eigenvalue weighted by Crippen LogP contribution is 2.69. The third-order valence-corrected chi connectivity index (χ3v) is 38.2. The summed E-state index contributed by atoms with van der Waals surface area (Å²) in [4.78, 5) is 12.3. The zero-order valence-corrected chi connectivity index (χ0v) is 71.0. The number of aliphatic hydroxyl groups is 3. The predicted octanol–water partition coefficient (Wildman–Crippen LogP) is 22.8. The fraction of sp³-hybridized carbons (Fsp3) is 0.686. The van der Waals surface area contributed by atoms with Crippen LogP contribution in [0.25, 0.3) is 0 Å². The molecule has 1 aliphatic heterocycles. The molecule has 2 aromatic carbocycles. The van der Waals surface area contributed by atoms with Crippen LogP contribution in [0.3, 0.4) is 0 Å². The smallest absolute Gasteiger partial charge is 0.414 e. The van der Waals surface area contributed by atoms with Gasteiger partial charge in [0.25, 0.3) is 0 Å². The van der Waals surface area contributed by atoms with Crippen molar-refractivity contribution in [3.05, 3.63) is 119 Å². The maximum Gasteiger partial charge on any atom is 0.438 e. The van der Waals surface area contributed by atoms with Crippen molar-refractivity contribution >= 4 is 48.5 Å². The van der Waals surface area contributed by atoms with Gasteiger partial charge in [0.15, 0.2) is 25.0 Å². The summed E-state index contributed by atoms with van der Waals surface area (Å²) in [5.41, 5.74) is -5.60. The number of fused-ring (bicyclic) bond motifs is 2. The SMILES string of the molecule is C.C1CCOC1.CC(C)(C)[Si](C)(C)OC1CC(=CCP(=O)(c2ccccc2)c2ccccc2)C[C@@H](O[Si](C)(C)C(C)(C)C)C1.C[C@]12CCC/C(=C\C=C3CC(O)C[C@H](O)C3)C1CC=C2C1(CC#CC(O)(C(F)(F)F)C(F)(F)F)CC1.C[C@]12CCCC(=O)C1CC=C2C1(CC#CC(O[Si](C)(C)C)(C(F)(F)F)C(F)(F)F)CC1. The Morgan fingerprint density at radius 3 is 1.38 bits per heavy atom. The molecule has 7 fully saturated rings. The van der Waals surface area contributed by atoms with E-state index < -0.39 is 91.0 Å². The Morgan fingerprint density at radius 1 is 0.559 bits per heavy atom. The van der Waals surface area contributed by atoms with Crippen LogP contribution in [0.2, 0.25) is 55.9 Å². The molecule has 0 spiro atoms. The van der Waals surface area contributed by atoms with Crippen molar-refractivity contribution in [1.82, 2.24) is 0 Å². The molecule has 11 rings (SSSR count). The van der Waals surface area contributed by atoms with E-state index in [0.29, 0.717) is 63.9 Å². The van der Waals surface area contributed by atoms with Crippen LogP contribution in [0.15, 0.2) is 119 Å². The van der Waals surface area contributed by atoms with Gasteiger partial charge in [-0.3, -0.25) is 4.79 Å². The minimum Gasteiger partial charge on any atom is -0.414 e. The molecular formula is C86H123F12O9PSi3. The van der Waals surface area contributed by atoms with Crippen molar-refractivity contribution in [2.24, 2.45) is 33.5 Å². The van der Waals surface area contributed by atoms with E-state index >= 15 is 0 Å². The fourth-order valence-corrected chi connectivity index (χ4v) is 23.4. The molecule has 622 valence electrons. The van der Waals surface area contributed by atoms with E-state index in [4.69, 9.17) is 18.0 Å². The standard InChI is InChI=1S/C32H51O3PSi2.C27H32F6O3.C22H28F6O2Si.C4H8O.CH4/c1-31(2,3)37(7,8)34-27-23-26(24-28(25-27)35-38(9,10)32(4,5)6)21-22-36(33,29-17-13-11-14-18-29)30-19-15-12-16-20-30;1-23-9-2-4-18(6-5-17-14-19(34)16-20(35)15-17)21(23)7-8-22(23)24(12-13-24)10-3-11-25(36,26(28,29)30)27(31,32)33;1-18-10-5-7-16(29)15(18)8-9-17(18)19(13-14-19)11-6-12-20(21(23,24)25,22(26,27)28)30-31(2,3)4;1-2-4-5-3-1;/h11-21,27-28H,22-25H2,1-10H3;5-6,8,19-21,34-36H,2,4,7,9-10,12-16H2,1H3;9,15H,5,7-8,10-11,13-14H2,1-4H3;1-4H2;1H4/b;17-5?,18-6+;;;/t27-,28?;19-,20?,21?,23+;15?,18-;;/m110../s1. The summed E-state index contributed by atoms with van der Waals surface area (Å²) in [5.74, 6) is 7.18. The molecule has 0 radical (unpaired) electrons. The molecule has 1 heterocycles. The number of alkyl halides is 12. The number of carbonyl (C=O) groups is 1. The predicted molar refractivity (Wildman–Crippen MR) is 425 cm³/mol. The molecule has 8 aliphatic carbocycles. The van der Waals surface area contributed by atoms with E-state index in [1.54, 1.807) is 0 Å². The third kappa shape index (κ3) is 21.9. The van der Waals surface area contributed by atoms with Crippen LogP contribution in [0.5, 0.6) is 0 Å². The average Bonchev–Trinajstić information content (AvgIpc) is 1.55. The minimum atomic E-state index is -5.94. The zero-order valence-electron chi connectivity index (χ0n) is 67.1. The van der Waals surface area contributed by atoms with Crippen molar-refractivity contribution in [2.75, 3.05) is 19.4 Å². The lowest BCUT2D eigenvalue weighted by Crippen LogP contribution is -2.61. The first-order valence-corrected chi connectivity index (χ1v) is 50.4. The Kier molecular flexibility index (Phi) is 29.7. The van der Waals surface area contributed by atoms with Gasteiger partial charge >= 0.3 is 35.9 Å². The van der Waals surface area contributed by atoms with E-state index in [1.165, 1.54) is 49.5 Å². The van der Waals surface area contributed by atoms with E-state index in [-0.39, 0.29) is 71.0 Å². The summed E-state index contributed by atoms with van der Waals surface area (Å²) in [5, 5.41) is 31.4. The van der Waals surface area contributed by atoms with Crippen LogP contribution in [0.4, 0.5) is 52.7 Å². The molecule has 9 aliphatic rings. The number of benzene rings is 2. The molecule has 3 N–H and O–H groups in total. The van der Waals surface area contributed by atoms with E-state index in [9.17, 15) is 77.4 Å². The topological polar surface area (TPSA) is 132 Å². The van der Waals surface area contributed by atoms with Crippen molar-refractivity contribution < 1.29 is 95.4 Å². The molecule has 111 heavy (non-hydrogen) atoms. The van der Waals surface area contributed by atoms with Gasteiger partial charge in [0.1, 0.15) is 12.9 Å². The van der Waals surface area contributed by atoms with Gasteiger partial charge in [0.05, 0.1) is 24.4 Å². The lowest BCUT2D eigenvalue weighted by atomic mass is 9.61. The fourth-order valence-electron chi connectivity index (χ4n) is 16.9. The quantitative estimate of drug-likeness (QED) is 0.0524. The van der Waals surface area contributed by atoms with Crippen molar-refractivity contribution in [2.45, 2.75) is 320 Å². The summed E-state index contributed by atoms with van der Waals surface area (Å²) >= 11 is 0. The molecule has 2 aromatic rings.